The Balaban J connectivity index is 2.72. The number of amides is 1. The molecule has 0 saturated carbocycles. The van der Waals surface area contributed by atoms with Crippen LogP contribution < -0.4 is 11.1 Å². The fourth-order valence-electron chi connectivity index (χ4n) is 1.67. The van der Waals surface area contributed by atoms with Gasteiger partial charge < -0.3 is 11.1 Å². The van der Waals surface area contributed by atoms with E-state index in [2.05, 4.69) is 5.32 Å². The highest BCUT2D eigenvalue weighted by atomic mass is 32.2. The molecular formula is C13H20N2O3S. The summed E-state index contributed by atoms with van der Waals surface area (Å²) in [6.45, 7) is 5.40. The molecule has 1 rings (SSSR count). The van der Waals surface area contributed by atoms with Crippen LogP contribution in [0.2, 0.25) is 0 Å². The van der Waals surface area contributed by atoms with Crippen LogP contribution in [0.15, 0.2) is 12.1 Å². The molecule has 6 heteroatoms. The van der Waals surface area contributed by atoms with Crippen LogP contribution >= 0.6 is 0 Å². The molecule has 0 saturated heterocycles. The Labute approximate surface area is 114 Å². The van der Waals surface area contributed by atoms with E-state index in [4.69, 9.17) is 5.73 Å². The van der Waals surface area contributed by atoms with Crippen molar-refractivity contribution in [2.24, 2.45) is 0 Å². The van der Waals surface area contributed by atoms with E-state index in [1.54, 1.807) is 13.0 Å². The summed E-state index contributed by atoms with van der Waals surface area (Å²) in [6, 6.07) is 3.46. The summed E-state index contributed by atoms with van der Waals surface area (Å²) in [5.74, 6) is -0.259. The molecule has 5 nitrogen and oxygen atoms in total. The summed E-state index contributed by atoms with van der Waals surface area (Å²) in [4.78, 5) is 11.9. The summed E-state index contributed by atoms with van der Waals surface area (Å²) in [5.41, 5.74) is 8.55. The van der Waals surface area contributed by atoms with Crippen molar-refractivity contribution >= 4 is 21.4 Å². The Morgan fingerprint density at radius 3 is 2.47 bits per heavy atom. The first-order valence-electron chi connectivity index (χ1n) is 6.12. The lowest BCUT2D eigenvalue weighted by Gasteiger charge is -2.10. The molecule has 106 valence electrons. The number of rotatable bonds is 5. The van der Waals surface area contributed by atoms with Crippen molar-refractivity contribution in [2.45, 2.75) is 20.8 Å². The maximum atomic E-state index is 11.9. The number of sulfone groups is 1. The number of nitrogen functional groups attached to an aromatic ring is 1. The van der Waals surface area contributed by atoms with Crippen molar-refractivity contribution in [3.05, 3.63) is 28.8 Å². The van der Waals surface area contributed by atoms with Crippen LogP contribution in [0.25, 0.3) is 0 Å². The minimum absolute atomic E-state index is 0.0460. The number of anilines is 1. The third-order valence-electron chi connectivity index (χ3n) is 3.00. The van der Waals surface area contributed by atoms with Gasteiger partial charge in [-0.2, -0.15) is 0 Å². The predicted octanol–water partition coefficient (Wildman–Crippen LogP) is 1.05. The monoisotopic (exact) mass is 284 g/mol. The minimum atomic E-state index is -3.06. The van der Waals surface area contributed by atoms with Crippen LogP contribution in [0.1, 0.15) is 28.4 Å². The van der Waals surface area contributed by atoms with Crippen LogP contribution in [0.4, 0.5) is 5.69 Å². The molecule has 0 aromatic heterocycles. The lowest BCUT2D eigenvalue weighted by Crippen LogP contribution is -2.30. The fraction of sp³-hybridized carbons (Fsp3) is 0.462. The molecule has 1 aromatic rings. The first-order valence-corrected chi connectivity index (χ1v) is 7.94. The van der Waals surface area contributed by atoms with Crippen LogP contribution in [-0.2, 0) is 9.84 Å². The quantitative estimate of drug-likeness (QED) is 0.791. The third kappa shape index (κ3) is 4.24. The highest BCUT2D eigenvalue weighted by Crippen LogP contribution is 2.17. The zero-order chi connectivity index (χ0) is 14.6. The summed E-state index contributed by atoms with van der Waals surface area (Å²) >= 11 is 0. The predicted molar refractivity (Wildman–Crippen MR) is 77.0 cm³/mol. The smallest absolute Gasteiger partial charge is 0.251 e. The van der Waals surface area contributed by atoms with Gasteiger partial charge in [0.05, 0.1) is 5.75 Å². The molecule has 3 N–H and O–H groups in total. The Bertz CT molecular complexity index is 580. The number of carbonyl (C=O) groups excluding carboxylic acids is 1. The second-order valence-corrected chi connectivity index (χ2v) is 6.99. The molecule has 0 bridgehead atoms. The highest BCUT2D eigenvalue weighted by Gasteiger charge is 2.12. The van der Waals surface area contributed by atoms with E-state index in [0.717, 1.165) is 11.1 Å². The van der Waals surface area contributed by atoms with E-state index in [9.17, 15) is 13.2 Å². The highest BCUT2D eigenvalue weighted by molar-refractivity contribution is 7.91. The number of hydrogen-bond donors (Lipinski definition) is 2. The van der Waals surface area contributed by atoms with Crippen molar-refractivity contribution in [2.75, 3.05) is 23.8 Å². The Morgan fingerprint density at radius 2 is 1.89 bits per heavy atom. The van der Waals surface area contributed by atoms with Gasteiger partial charge in [-0.25, -0.2) is 8.42 Å². The zero-order valence-electron chi connectivity index (χ0n) is 11.5. The maximum Gasteiger partial charge on any atom is 0.251 e. The van der Waals surface area contributed by atoms with E-state index in [1.807, 2.05) is 19.9 Å². The summed E-state index contributed by atoms with van der Waals surface area (Å²) in [7, 11) is -3.06. The lowest BCUT2D eigenvalue weighted by atomic mass is 10.0. The fourth-order valence-corrected chi connectivity index (χ4v) is 2.38. The van der Waals surface area contributed by atoms with Gasteiger partial charge in [-0.05, 0) is 31.0 Å². The number of hydrogen-bond acceptors (Lipinski definition) is 4. The van der Waals surface area contributed by atoms with Gasteiger partial charge in [0.25, 0.3) is 5.91 Å². The Hall–Kier alpha value is -1.56. The Kier molecular flexibility index (Phi) is 4.94. The molecular weight excluding hydrogens is 264 g/mol. The summed E-state index contributed by atoms with van der Waals surface area (Å²) in [5, 5.41) is 2.60. The van der Waals surface area contributed by atoms with Crippen LogP contribution in [0.5, 0.6) is 0 Å². The molecule has 0 radical (unpaired) electrons. The number of nitrogens with one attached hydrogen (secondary N) is 1. The van der Waals surface area contributed by atoms with Crippen molar-refractivity contribution in [3.63, 3.8) is 0 Å². The number of benzene rings is 1. The normalized spacial score (nSPS) is 11.3. The number of carbonyl (C=O) groups is 1. The maximum absolute atomic E-state index is 11.9. The molecule has 0 spiro atoms. The first-order chi connectivity index (χ1) is 8.76. The molecule has 0 atom stereocenters. The van der Waals surface area contributed by atoms with Crippen LogP contribution in [-0.4, -0.2) is 32.4 Å². The van der Waals surface area contributed by atoms with Gasteiger partial charge in [-0.1, -0.05) is 13.0 Å². The second kappa shape index (κ2) is 6.06. The number of aryl methyl sites for hydroxylation is 2. The van der Waals surface area contributed by atoms with Gasteiger partial charge in [-0.3, -0.25) is 4.79 Å². The van der Waals surface area contributed by atoms with Crippen molar-refractivity contribution in [3.8, 4) is 0 Å². The van der Waals surface area contributed by atoms with Crippen molar-refractivity contribution < 1.29 is 13.2 Å². The molecule has 0 aliphatic heterocycles. The molecule has 0 fully saturated rings. The SMILES string of the molecule is CCS(=O)(=O)CCNC(=O)c1cc(N)c(C)cc1C. The molecule has 1 amide bonds. The van der Waals surface area contributed by atoms with Gasteiger partial charge in [0.2, 0.25) is 0 Å². The van der Waals surface area contributed by atoms with Gasteiger partial charge in [-0.15, -0.1) is 0 Å². The van der Waals surface area contributed by atoms with Gasteiger partial charge in [0.15, 0.2) is 9.84 Å². The standard InChI is InChI=1S/C13H20N2O3S/c1-4-19(17,18)6-5-15-13(16)11-8-12(14)10(3)7-9(11)2/h7-8H,4-6,14H2,1-3H3,(H,15,16). The van der Waals surface area contributed by atoms with E-state index in [0.29, 0.717) is 11.3 Å². The van der Waals surface area contributed by atoms with Crippen LogP contribution in [0.3, 0.4) is 0 Å². The number of nitrogens with two attached hydrogens (primary N) is 1. The average molecular weight is 284 g/mol. The van der Waals surface area contributed by atoms with E-state index >= 15 is 0 Å². The summed E-state index contributed by atoms with van der Waals surface area (Å²) < 4.78 is 22.6. The lowest BCUT2D eigenvalue weighted by molar-refractivity contribution is 0.0955. The molecule has 0 unspecified atom stereocenters. The van der Waals surface area contributed by atoms with Gasteiger partial charge in [0, 0.05) is 23.5 Å². The largest absolute Gasteiger partial charge is 0.398 e. The molecule has 19 heavy (non-hydrogen) atoms. The van der Waals surface area contributed by atoms with E-state index < -0.39 is 9.84 Å². The molecule has 0 heterocycles. The molecule has 0 aliphatic carbocycles. The summed E-state index contributed by atoms with van der Waals surface area (Å²) in [6.07, 6.45) is 0. The van der Waals surface area contributed by atoms with E-state index in [1.165, 1.54) is 0 Å². The van der Waals surface area contributed by atoms with Crippen LogP contribution in [0, 0.1) is 13.8 Å². The van der Waals surface area contributed by atoms with Gasteiger partial charge in [0.1, 0.15) is 0 Å². The second-order valence-electron chi connectivity index (χ2n) is 4.52. The third-order valence-corrected chi connectivity index (χ3v) is 4.70. The first kappa shape index (κ1) is 15.5. The Morgan fingerprint density at radius 1 is 1.26 bits per heavy atom. The van der Waals surface area contributed by atoms with E-state index in [-0.39, 0.29) is 24.0 Å². The topological polar surface area (TPSA) is 89.3 Å². The molecule has 1 aromatic carbocycles. The molecule has 0 aliphatic rings. The van der Waals surface area contributed by atoms with Crippen molar-refractivity contribution in [1.29, 1.82) is 0 Å². The zero-order valence-corrected chi connectivity index (χ0v) is 12.3. The average Bonchev–Trinajstić information content (AvgIpc) is 2.33. The van der Waals surface area contributed by atoms with Gasteiger partial charge >= 0.3 is 0 Å². The minimum Gasteiger partial charge on any atom is -0.398 e. The van der Waals surface area contributed by atoms with Crippen molar-refractivity contribution in [1.82, 2.24) is 5.32 Å².